The van der Waals surface area contributed by atoms with E-state index in [4.69, 9.17) is 22.7 Å². The van der Waals surface area contributed by atoms with E-state index in [9.17, 15) is 8.42 Å². The van der Waals surface area contributed by atoms with E-state index in [0.717, 1.165) is 0 Å². The standard InChI is InChI=1S/C8H17N3O3S2/c1-7(8(9)15)10(2)16(12,13)11-3-5-14-6-4-11/h7H,3-6H2,1-2H3,(H2,9,15). The Morgan fingerprint density at radius 3 is 2.44 bits per heavy atom. The van der Waals surface area contributed by atoms with E-state index in [-0.39, 0.29) is 4.99 Å². The van der Waals surface area contributed by atoms with E-state index in [1.54, 1.807) is 6.92 Å². The van der Waals surface area contributed by atoms with E-state index in [1.165, 1.54) is 15.7 Å². The Balaban J connectivity index is 2.79. The molecule has 2 N–H and O–H groups in total. The molecule has 0 aromatic heterocycles. The largest absolute Gasteiger partial charge is 0.392 e. The predicted molar refractivity (Wildman–Crippen MR) is 65.3 cm³/mol. The summed E-state index contributed by atoms with van der Waals surface area (Å²) >= 11 is 4.79. The molecule has 0 radical (unpaired) electrons. The molecule has 16 heavy (non-hydrogen) atoms. The van der Waals surface area contributed by atoms with E-state index in [0.29, 0.717) is 26.3 Å². The van der Waals surface area contributed by atoms with E-state index in [1.807, 2.05) is 0 Å². The number of nitrogens with two attached hydrogens (primary N) is 1. The van der Waals surface area contributed by atoms with Gasteiger partial charge in [-0.25, -0.2) is 0 Å². The molecule has 0 aromatic rings. The number of hydrogen-bond acceptors (Lipinski definition) is 4. The van der Waals surface area contributed by atoms with Gasteiger partial charge in [-0.2, -0.15) is 17.0 Å². The molecule has 1 rings (SSSR count). The van der Waals surface area contributed by atoms with Crippen molar-refractivity contribution in [1.82, 2.24) is 8.61 Å². The highest BCUT2D eigenvalue weighted by atomic mass is 32.2. The van der Waals surface area contributed by atoms with Crippen LogP contribution in [0.25, 0.3) is 0 Å². The fourth-order valence-corrected chi connectivity index (χ4v) is 3.05. The Labute approximate surface area is 102 Å². The zero-order valence-corrected chi connectivity index (χ0v) is 11.1. The van der Waals surface area contributed by atoms with Gasteiger partial charge in [-0.1, -0.05) is 12.2 Å². The lowest BCUT2D eigenvalue weighted by Gasteiger charge is -2.32. The molecule has 0 spiro atoms. The first-order valence-corrected chi connectivity index (χ1v) is 6.78. The summed E-state index contributed by atoms with van der Waals surface area (Å²) in [5.74, 6) is 0. The lowest BCUT2D eigenvalue weighted by molar-refractivity contribution is 0.0704. The van der Waals surface area contributed by atoms with Crippen LogP contribution in [0, 0.1) is 0 Å². The third kappa shape index (κ3) is 2.89. The van der Waals surface area contributed by atoms with Crippen LogP contribution in [0.1, 0.15) is 6.92 Å². The molecule has 0 saturated carbocycles. The maximum absolute atomic E-state index is 12.1. The summed E-state index contributed by atoms with van der Waals surface area (Å²) in [5.41, 5.74) is 5.45. The average Bonchev–Trinajstić information content (AvgIpc) is 2.28. The minimum atomic E-state index is -3.49. The molecule has 1 aliphatic heterocycles. The van der Waals surface area contributed by atoms with Crippen LogP contribution in [0.15, 0.2) is 0 Å². The number of hydrogen-bond donors (Lipinski definition) is 1. The number of ether oxygens (including phenoxy) is 1. The molecule has 6 nitrogen and oxygen atoms in total. The molecule has 1 aliphatic rings. The van der Waals surface area contributed by atoms with Crippen LogP contribution in [0.5, 0.6) is 0 Å². The van der Waals surface area contributed by atoms with Gasteiger partial charge < -0.3 is 10.5 Å². The zero-order chi connectivity index (χ0) is 12.3. The van der Waals surface area contributed by atoms with E-state index >= 15 is 0 Å². The van der Waals surface area contributed by atoms with Crippen molar-refractivity contribution >= 4 is 27.4 Å². The number of rotatable bonds is 4. The molecular weight excluding hydrogens is 250 g/mol. The molecule has 8 heteroatoms. The van der Waals surface area contributed by atoms with Crippen LogP contribution >= 0.6 is 12.2 Å². The maximum Gasteiger partial charge on any atom is 0.282 e. The molecule has 0 aromatic carbocycles. The number of thiocarbonyl (C=S) groups is 1. The van der Waals surface area contributed by atoms with Crippen LogP contribution in [0.2, 0.25) is 0 Å². The molecule has 1 heterocycles. The minimum absolute atomic E-state index is 0.166. The first-order chi connectivity index (χ1) is 7.37. The highest BCUT2D eigenvalue weighted by Crippen LogP contribution is 2.12. The molecule has 94 valence electrons. The topological polar surface area (TPSA) is 75.9 Å². The summed E-state index contributed by atoms with van der Waals surface area (Å²) in [5, 5.41) is 0. The third-order valence-electron chi connectivity index (χ3n) is 2.62. The van der Waals surface area contributed by atoms with Gasteiger partial charge in [0, 0.05) is 20.1 Å². The fraction of sp³-hybridized carbons (Fsp3) is 0.875. The molecular formula is C8H17N3O3S2. The molecule has 1 unspecified atom stereocenters. The van der Waals surface area contributed by atoms with Crippen molar-refractivity contribution in [3.8, 4) is 0 Å². The van der Waals surface area contributed by atoms with E-state index < -0.39 is 16.3 Å². The maximum atomic E-state index is 12.1. The SMILES string of the molecule is CC(C(N)=S)N(C)S(=O)(=O)N1CCOCC1. The van der Waals surface area contributed by atoms with Gasteiger partial charge in [-0.3, -0.25) is 0 Å². The summed E-state index contributed by atoms with van der Waals surface area (Å²) in [7, 11) is -2.01. The second-order valence-corrected chi connectivity index (χ2v) is 6.07. The number of morpholine rings is 1. The Morgan fingerprint density at radius 2 is 2.00 bits per heavy atom. The quantitative estimate of drug-likeness (QED) is 0.673. The van der Waals surface area contributed by atoms with Gasteiger partial charge >= 0.3 is 0 Å². The van der Waals surface area contributed by atoms with Crippen LogP contribution in [-0.2, 0) is 14.9 Å². The van der Waals surface area contributed by atoms with Crippen molar-refractivity contribution in [2.75, 3.05) is 33.4 Å². The summed E-state index contributed by atoms with van der Waals surface area (Å²) in [4.78, 5) is 0.166. The van der Waals surface area contributed by atoms with Crippen molar-refractivity contribution in [1.29, 1.82) is 0 Å². The lowest BCUT2D eigenvalue weighted by atomic mass is 10.3. The lowest BCUT2D eigenvalue weighted by Crippen LogP contribution is -2.52. The van der Waals surface area contributed by atoms with Crippen molar-refractivity contribution in [2.24, 2.45) is 5.73 Å². The van der Waals surface area contributed by atoms with Crippen molar-refractivity contribution in [3.05, 3.63) is 0 Å². The Morgan fingerprint density at radius 1 is 1.50 bits per heavy atom. The molecule has 0 bridgehead atoms. The van der Waals surface area contributed by atoms with Crippen molar-refractivity contribution in [2.45, 2.75) is 13.0 Å². The van der Waals surface area contributed by atoms with Gasteiger partial charge in [0.25, 0.3) is 10.2 Å². The van der Waals surface area contributed by atoms with Crippen LogP contribution < -0.4 is 5.73 Å². The fourth-order valence-electron chi connectivity index (χ4n) is 1.34. The van der Waals surface area contributed by atoms with Crippen LogP contribution in [0.3, 0.4) is 0 Å². The third-order valence-corrected chi connectivity index (χ3v) is 5.02. The molecule has 0 amide bonds. The Kier molecular flexibility index (Phi) is 4.62. The van der Waals surface area contributed by atoms with Crippen molar-refractivity contribution in [3.63, 3.8) is 0 Å². The second kappa shape index (κ2) is 5.37. The summed E-state index contributed by atoms with van der Waals surface area (Å²) < 4.78 is 31.9. The molecule has 0 aliphatic carbocycles. The van der Waals surface area contributed by atoms with Gasteiger partial charge in [-0.05, 0) is 6.92 Å². The normalized spacial score (nSPS) is 20.9. The average molecular weight is 267 g/mol. The van der Waals surface area contributed by atoms with Crippen LogP contribution in [0.4, 0.5) is 0 Å². The Hall–Kier alpha value is -0.280. The Bertz CT molecular complexity index is 352. The second-order valence-electron chi connectivity index (χ2n) is 3.61. The van der Waals surface area contributed by atoms with Crippen LogP contribution in [-0.4, -0.2) is 61.4 Å². The zero-order valence-electron chi connectivity index (χ0n) is 9.42. The monoisotopic (exact) mass is 267 g/mol. The minimum Gasteiger partial charge on any atom is -0.392 e. The van der Waals surface area contributed by atoms with E-state index in [2.05, 4.69) is 0 Å². The predicted octanol–water partition coefficient (Wildman–Crippen LogP) is -0.830. The number of nitrogens with zero attached hydrogens (tertiary/aromatic N) is 2. The molecule has 1 fully saturated rings. The van der Waals surface area contributed by atoms with Gasteiger partial charge in [0.2, 0.25) is 0 Å². The highest BCUT2D eigenvalue weighted by molar-refractivity contribution is 7.87. The highest BCUT2D eigenvalue weighted by Gasteiger charge is 2.32. The molecule has 1 atom stereocenters. The van der Waals surface area contributed by atoms with Crippen molar-refractivity contribution < 1.29 is 13.2 Å². The smallest absolute Gasteiger partial charge is 0.282 e. The first kappa shape index (κ1) is 13.8. The summed E-state index contributed by atoms with van der Waals surface area (Å²) in [6, 6.07) is -0.483. The van der Waals surface area contributed by atoms with Gasteiger partial charge in [0.05, 0.1) is 24.2 Å². The summed E-state index contributed by atoms with van der Waals surface area (Å²) in [6.45, 7) is 3.26. The van der Waals surface area contributed by atoms with Gasteiger partial charge in [0.1, 0.15) is 0 Å². The number of likely N-dealkylation sites (N-methyl/N-ethyl adjacent to an activating group) is 1. The van der Waals surface area contributed by atoms with Gasteiger partial charge in [0.15, 0.2) is 0 Å². The molecule has 1 saturated heterocycles. The summed E-state index contributed by atoms with van der Waals surface area (Å²) in [6.07, 6.45) is 0. The van der Waals surface area contributed by atoms with Gasteiger partial charge in [-0.15, -0.1) is 0 Å². The first-order valence-electron chi connectivity index (χ1n) is 4.97.